The molecule has 7 nitrogen and oxygen atoms in total. The Hall–Kier alpha value is -1.79. The molecule has 2 saturated heterocycles. The van der Waals surface area contributed by atoms with Crippen molar-refractivity contribution in [1.29, 1.82) is 0 Å². The van der Waals surface area contributed by atoms with Gasteiger partial charge >= 0.3 is 18.0 Å². The molecule has 2 aliphatic heterocycles. The Morgan fingerprint density at radius 2 is 2.00 bits per heavy atom. The number of imide groups is 1. The van der Waals surface area contributed by atoms with Crippen LogP contribution in [0, 0.1) is 5.92 Å². The van der Waals surface area contributed by atoms with Crippen LogP contribution in [0.2, 0.25) is 0 Å². The van der Waals surface area contributed by atoms with E-state index in [4.69, 9.17) is 4.74 Å². The number of amides is 4. The molecule has 0 aromatic carbocycles. The number of nitrogens with zero attached hydrogens (tertiary/aromatic N) is 2. The monoisotopic (exact) mass is 269 g/mol. The quantitative estimate of drug-likeness (QED) is 0.736. The van der Waals surface area contributed by atoms with Gasteiger partial charge in [-0.2, -0.15) is 0 Å². The minimum Gasteiger partial charge on any atom is -0.466 e. The van der Waals surface area contributed by atoms with Crippen molar-refractivity contribution in [1.82, 2.24) is 15.1 Å². The first-order valence-electron chi connectivity index (χ1n) is 6.64. The maximum absolute atomic E-state index is 12.1. The summed E-state index contributed by atoms with van der Waals surface area (Å²) in [6, 6.07) is -0.602. The van der Waals surface area contributed by atoms with E-state index < -0.39 is 0 Å². The van der Waals surface area contributed by atoms with Gasteiger partial charge in [0.25, 0.3) is 0 Å². The normalized spacial score (nSPS) is 20.4. The molecule has 0 unspecified atom stereocenters. The average Bonchev–Trinajstić information content (AvgIpc) is 2.84. The van der Waals surface area contributed by atoms with Crippen LogP contribution in [0.1, 0.15) is 19.8 Å². The zero-order valence-electron chi connectivity index (χ0n) is 11.1. The molecule has 0 aliphatic carbocycles. The molecule has 2 aliphatic rings. The second-order valence-corrected chi connectivity index (χ2v) is 4.68. The second-order valence-electron chi connectivity index (χ2n) is 4.68. The number of rotatable bonds is 2. The molecular formula is C12H19N3O4. The number of hydrogen-bond acceptors (Lipinski definition) is 4. The van der Waals surface area contributed by atoms with Crippen molar-refractivity contribution in [3.8, 4) is 0 Å². The van der Waals surface area contributed by atoms with E-state index in [-0.39, 0.29) is 23.9 Å². The molecule has 2 rings (SSSR count). The Kier molecular flexibility index (Phi) is 4.24. The van der Waals surface area contributed by atoms with Gasteiger partial charge in [0.05, 0.1) is 12.5 Å². The van der Waals surface area contributed by atoms with E-state index in [0.29, 0.717) is 45.6 Å². The Morgan fingerprint density at radius 1 is 1.32 bits per heavy atom. The largest absolute Gasteiger partial charge is 0.466 e. The van der Waals surface area contributed by atoms with Crippen LogP contribution in [-0.4, -0.2) is 60.6 Å². The molecule has 0 radical (unpaired) electrons. The summed E-state index contributed by atoms with van der Waals surface area (Å²) >= 11 is 0. The molecule has 0 atom stereocenters. The molecule has 7 heteroatoms. The number of nitrogens with one attached hydrogen (secondary N) is 1. The summed E-state index contributed by atoms with van der Waals surface area (Å²) in [5.74, 6) is -0.315. The summed E-state index contributed by atoms with van der Waals surface area (Å²) in [5, 5.41) is 2.60. The number of urea groups is 2. The second kappa shape index (κ2) is 5.90. The van der Waals surface area contributed by atoms with Crippen LogP contribution in [0.3, 0.4) is 0 Å². The highest BCUT2D eigenvalue weighted by Gasteiger charge is 2.34. The van der Waals surface area contributed by atoms with Gasteiger partial charge in [0, 0.05) is 26.2 Å². The maximum atomic E-state index is 12.1. The van der Waals surface area contributed by atoms with E-state index in [1.807, 2.05) is 0 Å². The lowest BCUT2D eigenvalue weighted by Gasteiger charge is -2.32. The lowest BCUT2D eigenvalue weighted by atomic mass is 9.97. The Bertz CT molecular complexity index is 377. The molecular weight excluding hydrogens is 250 g/mol. The Balaban J connectivity index is 1.84. The van der Waals surface area contributed by atoms with Gasteiger partial charge < -0.3 is 15.0 Å². The number of hydrogen-bond donors (Lipinski definition) is 1. The van der Waals surface area contributed by atoms with Crippen LogP contribution < -0.4 is 5.32 Å². The van der Waals surface area contributed by atoms with E-state index in [0.717, 1.165) is 0 Å². The number of carbonyl (C=O) groups excluding carboxylic acids is 3. The third-order valence-electron chi connectivity index (χ3n) is 3.47. The first kappa shape index (κ1) is 13.6. The molecule has 2 heterocycles. The van der Waals surface area contributed by atoms with Crippen LogP contribution in [-0.2, 0) is 9.53 Å². The third-order valence-corrected chi connectivity index (χ3v) is 3.47. The highest BCUT2D eigenvalue weighted by molar-refractivity contribution is 5.95. The predicted octanol–water partition coefficient (Wildman–Crippen LogP) is 0.407. The summed E-state index contributed by atoms with van der Waals surface area (Å²) in [6.07, 6.45) is 1.19. The Labute approximate surface area is 111 Å². The molecule has 0 aromatic rings. The summed E-state index contributed by atoms with van der Waals surface area (Å²) in [5.41, 5.74) is 0. The first-order valence-corrected chi connectivity index (χ1v) is 6.64. The molecule has 0 aromatic heterocycles. The zero-order chi connectivity index (χ0) is 13.8. The van der Waals surface area contributed by atoms with Crippen molar-refractivity contribution >= 4 is 18.0 Å². The number of likely N-dealkylation sites (tertiary alicyclic amines) is 1. The maximum Gasteiger partial charge on any atom is 0.328 e. The lowest BCUT2D eigenvalue weighted by Crippen LogP contribution is -2.48. The van der Waals surface area contributed by atoms with E-state index in [9.17, 15) is 14.4 Å². The van der Waals surface area contributed by atoms with Crippen molar-refractivity contribution in [2.24, 2.45) is 5.92 Å². The highest BCUT2D eigenvalue weighted by Crippen LogP contribution is 2.20. The molecule has 0 bridgehead atoms. The fourth-order valence-corrected chi connectivity index (χ4v) is 2.39. The molecule has 0 spiro atoms. The van der Waals surface area contributed by atoms with Crippen molar-refractivity contribution < 1.29 is 19.1 Å². The van der Waals surface area contributed by atoms with Crippen LogP contribution in [0.4, 0.5) is 9.59 Å². The number of esters is 1. The predicted molar refractivity (Wildman–Crippen MR) is 66.4 cm³/mol. The van der Waals surface area contributed by atoms with Gasteiger partial charge in [-0.3, -0.25) is 4.79 Å². The van der Waals surface area contributed by atoms with E-state index in [2.05, 4.69) is 5.32 Å². The number of piperidine rings is 1. The minimum atomic E-state index is -0.336. The van der Waals surface area contributed by atoms with Crippen LogP contribution in [0.15, 0.2) is 0 Å². The van der Waals surface area contributed by atoms with Gasteiger partial charge in [0.15, 0.2) is 0 Å². The third kappa shape index (κ3) is 2.97. The zero-order valence-corrected chi connectivity index (χ0v) is 11.1. The van der Waals surface area contributed by atoms with Crippen LogP contribution in [0.25, 0.3) is 0 Å². The first-order chi connectivity index (χ1) is 9.13. The lowest BCUT2D eigenvalue weighted by molar-refractivity contribution is -0.149. The van der Waals surface area contributed by atoms with Gasteiger partial charge in [0.1, 0.15) is 0 Å². The van der Waals surface area contributed by atoms with Gasteiger partial charge in [-0.1, -0.05) is 0 Å². The molecule has 2 fully saturated rings. The Morgan fingerprint density at radius 3 is 2.53 bits per heavy atom. The fraction of sp³-hybridized carbons (Fsp3) is 0.750. The molecule has 4 amide bonds. The number of ether oxygens (including phenoxy) is 1. The standard InChI is InChI=1S/C12H19N3O4/c1-2-19-10(16)9-3-6-14(7-4-9)12(18)15-8-5-13-11(15)17/h9H,2-8H2,1H3,(H,13,17). The van der Waals surface area contributed by atoms with Gasteiger partial charge in [0.2, 0.25) is 0 Å². The van der Waals surface area contributed by atoms with Crippen molar-refractivity contribution in [2.75, 3.05) is 32.8 Å². The van der Waals surface area contributed by atoms with Crippen LogP contribution in [0.5, 0.6) is 0 Å². The summed E-state index contributed by atoms with van der Waals surface area (Å²) in [7, 11) is 0. The smallest absolute Gasteiger partial charge is 0.328 e. The summed E-state index contributed by atoms with van der Waals surface area (Å²) < 4.78 is 4.98. The van der Waals surface area contributed by atoms with E-state index in [1.54, 1.807) is 11.8 Å². The van der Waals surface area contributed by atoms with Crippen molar-refractivity contribution in [3.05, 3.63) is 0 Å². The fourth-order valence-electron chi connectivity index (χ4n) is 2.39. The van der Waals surface area contributed by atoms with Gasteiger partial charge in [-0.25, -0.2) is 14.5 Å². The SMILES string of the molecule is CCOC(=O)C1CCN(C(=O)N2CCNC2=O)CC1. The summed E-state index contributed by atoms with van der Waals surface area (Å²) in [6.45, 7) is 4.06. The summed E-state index contributed by atoms with van der Waals surface area (Å²) in [4.78, 5) is 37.9. The topological polar surface area (TPSA) is 79.0 Å². The average molecular weight is 269 g/mol. The van der Waals surface area contributed by atoms with Gasteiger partial charge in [-0.05, 0) is 19.8 Å². The van der Waals surface area contributed by atoms with Crippen molar-refractivity contribution in [2.45, 2.75) is 19.8 Å². The van der Waals surface area contributed by atoms with Crippen LogP contribution >= 0.6 is 0 Å². The van der Waals surface area contributed by atoms with E-state index in [1.165, 1.54) is 4.90 Å². The number of carbonyl (C=O) groups is 3. The van der Waals surface area contributed by atoms with Crippen molar-refractivity contribution in [3.63, 3.8) is 0 Å². The molecule has 0 saturated carbocycles. The molecule has 19 heavy (non-hydrogen) atoms. The van der Waals surface area contributed by atoms with E-state index >= 15 is 0 Å². The highest BCUT2D eigenvalue weighted by atomic mass is 16.5. The molecule has 1 N–H and O–H groups in total. The molecule has 106 valence electrons. The van der Waals surface area contributed by atoms with Gasteiger partial charge in [-0.15, -0.1) is 0 Å². The minimum absolute atomic E-state index is 0.128.